The number of aromatic nitrogens is 2. The molecule has 1 aromatic rings. The molecule has 3 rings (SSSR count). The summed E-state index contributed by atoms with van der Waals surface area (Å²) in [4.78, 5) is 15.8. The normalized spacial score (nSPS) is 24.3. The summed E-state index contributed by atoms with van der Waals surface area (Å²) in [6, 6.07) is 1.90. The maximum Gasteiger partial charge on any atom is 0.248 e. The van der Waals surface area contributed by atoms with Crippen LogP contribution in [0.5, 0.6) is 0 Å². The van der Waals surface area contributed by atoms with Gasteiger partial charge in [-0.05, 0) is 71.1 Å². The van der Waals surface area contributed by atoms with Crippen LogP contribution in [0.4, 0.5) is 0 Å². The van der Waals surface area contributed by atoms with E-state index in [1.807, 2.05) is 16.9 Å². The molecule has 1 amide bonds. The molecule has 6 heteroatoms. The lowest BCUT2D eigenvalue weighted by molar-refractivity contribution is -0.132. The van der Waals surface area contributed by atoms with Gasteiger partial charge in [-0.15, -0.1) is 0 Å². The molecule has 0 saturated carbocycles. The van der Waals surface area contributed by atoms with E-state index in [0.717, 1.165) is 44.9 Å². The first-order valence-electron chi connectivity index (χ1n) is 10.2. The number of hydrogen-bond acceptors (Lipinski definition) is 4. The van der Waals surface area contributed by atoms with Crippen LogP contribution in [0.25, 0.3) is 0 Å². The summed E-state index contributed by atoms with van der Waals surface area (Å²) >= 11 is 0. The van der Waals surface area contributed by atoms with Crippen molar-refractivity contribution in [1.29, 1.82) is 0 Å². The van der Waals surface area contributed by atoms with Crippen molar-refractivity contribution in [1.82, 2.24) is 25.3 Å². The lowest BCUT2D eigenvalue weighted by Crippen LogP contribution is -2.59. The number of amides is 1. The van der Waals surface area contributed by atoms with Gasteiger partial charge >= 0.3 is 0 Å². The van der Waals surface area contributed by atoms with Gasteiger partial charge in [-0.25, -0.2) is 0 Å². The topological polar surface area (TPSA) is 62.2 Å². The first-order valence-corrected chi connectivity index (χ1v) is 10.2. The second kappa shape index (κ2) is 8.09. The van der Waals surface area contributed by atoms with Crippen molar-refractivity contribution in [2.75, 3.05) is 32.7 Å². The summed E-state index contributed by atoms with van der Waals surface area (Å²) in [6.07, 6.45) is 9.09. The van der Waals surface area contributed by atoms with Crippen LogP contribution >= 0.6 is 0 Å². The average molecular weight is 362 g/mol. The van der Waals surface area contributed by atoms with Crippen molar-refractivity contribution >= 4 is 5.91 Å². The van der Waals surface area contributed by atoms with Crippen LogP contribution in [-0.2, 0) is 10.3 Å². The van der Waals surface area contributed by atoms with E-state index in [-0.39, 0.29) is 11.4 Å². The van der Waals surface area contributed by atoms with E-state index in [1.54, 1.807) is 6.20 Å². The largest absolute Gasteiger partial charge is 0.352 e. The summed E-state index contributed by atoms with van der Waals surface area (Å²) in [7, 11) is 0. The maximum absolute atomic E-state index is 13.3. The van der Waals surface area contributed by atoms with Crippen LogP contribution in [0.3, 0.4) is 0 Å². The maximum atomic E-state index is 13.3. The first-order chi connectivity index (χ1) is 12.5. The zero-order valence-electron chi connectivity index (χ0n) is 16.6. The fourth-order valence-corrected chi connectivity index (χ4v) is 4.44. The Labute approximate surface area is 157 Å². The number of nitrogens with zero attached hydrogens (tertiary/aromatic N) is 3. The van der Waals surface area contributed by atoms with Gasteiger partial charge < -0.3 is 10.6 Å². The number of hydrogen-bond donors (Lipinski definition) is 2. The molecule has 2 aliphatic heterocycles. The highest BCUT2D eigenvalue weighted by Crippen LogP contribution is 2.29. The molecule has 3 heterocycles. The van der Waals surface area contributed by atoms with E-state index in [9.17, 15) is 4.79 Å². The number of carbonyl (C=O) groups excluding carboxylic acids is 1. The smallest absolute Gasteiger partial charge is 0.248 e. The number of piperidine rings is 2. The third-order valence-corrected chi connectivity index (χ3v) is 6.43. The molecule has 0 aliphatic carbocycles. The van der Waals surface area contributed by atoms with Crippen molar-refractivity contribution in [3.8, 4) is 0 Å². The highest BCUT2D eigenvalue weighted by atomic mass is 16.2. The van der Waals surface area contributed by atoms with Crippen molar-refractivity contribution in [2.45, 2.75) is 64.0 Å². The van der Waals surface area contributed by atoms with Crippen LogP contribution in [0.2, 0.25) is 0 Å². The van der Waals surface area contributed by atoms with Gasteiger partial charge in [0.2, 0.25) is 5.91 Å². The van der Waals surface area contributed by atoms with Gasteiger partial charge in [0.15, 0.2) is 0 Å². The quantitative estimate of drug-likeness (QED) is 0.813. The SMILES string of the molecule is CCC1CCCN(C(C)(C)CNC(=O)C2(n3cccn3)CCNCC2)C1. The van der Waals surface area contributed by atoms with E-state index in [0.29, 0.717) is 6.54 Å². The monoisotopic (exact) mass is 361 g/mol. The first kappa shape index (κ1) is 19.4. The van der Waals surface area contributed by atoms with E-state index in [1.165, 1.54) is 19.3 Å². The predicted molar refractivity (Wildman–Crippen MR) is 104 cm³/mol. The Morgan fingerprint density at radius 3 is 2.81 bits per heavy atom. The number of rotatable bonds is 6. The van der Waals surface area contributed by atoms with Gasteiger partial charge in [-0.2, -0.15) is 5.10 Å². The Balaban J connectivity index is 1.66. The van der Waals surface area contributed by atoms with Crippen molar-refractivity contribution in [2.24, 2.45) is 5.92 Å². The van der Waals surface area contributed by atoms with Crippen LogP contribution in [-0.4, -0.2) is 58.9 Å². The molecule has 0 radical (unpaired) electrons. The van der Waals surface area contributed by atoms with Gasteiger partial charge in [0.05, 0.1) is 0 Å². The molecule has 2 aliphatic rings. The molecule has 0 spiro atoms. The van der Waals surface area contributed by atoms with E-state index < -0.39 is 5.54 Å². The lowest BCUT2D eigenvalue weighted by atomic mass is 9.86. The molecular weight excluding hydrogens is 326 g/mol. The summed E-state index contributed by atoms with van der Waals surface area (Å²) in [5.41, 5.74) is -0.583. The second-order valence-electron chi connectivity index (χ2n) is 8.59. The molecule has 2 N–H and O–H groups in total. The lowest BCUT2D eigenvalue weighted by Gasteiger charge is -2.44. The molecule has 0 bridgehead atoms. The Morgan fingerprint density at radius 1 is 1.38 bits per heavy atom. The average Bonchev–Trinajstić information content (AvgIpc) is 3.22. The molecule has 1 aromatic heterocycles. The molecule has 2 saturated heterocycles. The highest BCUT2D eigenvalue weighted by molar-refractivity contribution is 5.84. The number of likely N-dealkylation sites (tertiary alicyclic amines) is 1. The summed E-state index contributed by atoms with van der Waals surface area (Å²) in [6.45, 7) is 11.5. The zero-order chi connectivity index (χ0) is 18.6. The minimum Gasteiger partial charge on any atom is -0.352 e. The Kier molecular flexibility index (Phi) is 6.03. The molecule has 1 unspecified atom stereocenters. The second-order valence-corrected chi connectivity index (χ2v) is 8.59. The van der Waals surface area contributed by atoms with E-state index >= 15 is 0 Å². The van der Waals surface area contributed by atoms with Gasteiger partial charge in [0.1, 0.15) is 5.54 Å². The fourth-order valence-electron chi connectivity index (χ4n) is 4.44. The van der Waals surface area contributed by atoms with Gasteiger partial charge in [-0.1, -0.05) is 13.3 Å². The summed E-state index contributed by atoms with van der Waals surface area (Å²) in [5.74, 6) is 0.901. The molecule has 1 atom stereocenters. The van der Waals surface area contributed by atoms with Crippen LogP contribution in [0.1, 0.15) is 52.9 Å². The molecule has 6 nitrogen and oxygen atoms in total. The third kappa shape index (κ3) is 3.96. The van der Waals surface area contributed by atoms with Gasteiger partial charge in [-0.3, -0.25) is 14.4 Å². The van der Waals surface area contributed by atoms with Crippen molar-refractivity contribution in [3.63, 3.8) is 0 Å². The van der Waals surface area contributed by atoms with Crippen LogP contribution in [0.15, 0.2) is 18.5 Å². The number of carbonyl (C=O) groups is 1. The van der Waals surface area contributed by atoms with Crippen LogP contribution in [0, 0.1) is 5.92 Å². The Bertz CT molecular complexity index is 577. The summed E-state index contributed by atoms with van der Waals surface area (Å²) in [5, 5.41) is 11.1. The summed E-state index contributed by atoms with van der Waals surface area (Å²) < 4.78 is 1.87. The minimum absolute atomic E-state index is 0.0261. The predicted octanol–water partition coefficient (Wildman–Crippen LogP) is 1.98. The van der Waals surface area contributed by atoms with Crippen molar-refractivity contribution < 1.29 is 4.79 Å². The molecule has 2 fully saturated rings. The molecule has 26 heavy (non-hydrogen) atoms. The van der Waals surface area contributed by atoms with Gasteiger partial charge in [0.25, 0.3) is 0 Å². The fraction of sp³-hybridized carbons (Fsp3) is 0.800. The Morgan fingerprint density at radius 2 is 2.15 bits per heavy atom. The number of nitrogens with one attached hydrogen (secondary N) is 2. The molecule has 146 valence electrons. The highest BCUT2D eigenvalue weighted by Gasteiger charge is 2.42. The third-order valence-electron chi connectivity index (χ3n) is 6.43. The molecular formula is C20H35N5O. The van der Waals surface area contributed by atoms with E-state index in [4.69, 9.17) is 0 Å². The Hall–Kier alpha value is -1.40. The van der Waals surface area contributed by atoms with Crippen LogP contribution < -0.4 is 10.6 Å². The minimum atomic E-state index is -0.557. The van der Waals surface area contributed by atoms with Gasteiger partial charge in [0, 0.05) is 31.0 Å². The standard InChI is InChI=1S/C20H35N5O/c1-4-17-7-5-13-24(15-17)19(2,3)16-22-18(26)20(8-11-21-12-9-20)25-14-6-10-23-25/h6,10,14,17,21H,4-5,7-9,11-13,15-16H2,1-3H3,(H,22,26). The molecule has 0 aromatic carbocycles. The zero-order valence-corrected chi connectivity index (χ0v) is 16.6. The van der Waals surface area contributed by atoms with E-state index in [2.05, 4.69) is 41.4 Å². The van der Waals surface area contributed by atoms with Crippen molar-refractivity contribution in [3.05, 3.63) is 18.5 Å².